The lowest BCUT2D eigenvalue weighted by Gasteiger charge is -2.32. The number of amides is 1. The van der Waals surface area contributed by atoms with E-state index in [4.69, 9.17) is 33.3 Å². The van der Waals surface area contributed by atoms with Crippen molar-refractivity contribution in [1.82, 2.24) is 19.8 Å². The Hall–Kier alpha value is -2.89. The molecule has 1 saturated heterocycles. The number of hydrogen-bond acceptors (Lipinski definition) is 9. The van der Waals surface area contributed by atoms with Gasteiger partial charge < -0.3 is 20.4 Å². The number of thioether (sulfide) groups is 1. The molecule has 240 valence electrons. The number of benzene rings is 2. The van der Waals surface area contributed by atoms with Crippen molar-refractivity contribution in [2.24, 2.45) is 0 Å². The number of anilines is 3. The van der Waals surface area contributed by atoms with Crippen molar-refractivity contribution in [2.45, 2.75) is 38.2 Å². The molecule has 1 unspecified atom stereocenters. The van der Waals surface area contributed by atoms with Gasteiger partial charge in [-0.3, -0.25) is 4.90 Å². The predicted octanol–water partition coefficient (Wildman–Crippen LogP) is 7.82. The van der Waals surface area contributed by atoms with E-state index in [1.165, 1.54) is 16.7 Å². The molecule has 12 heteroatoms. The molecular weight excluding hydrogens is 617 g/mol. The number of alkyl halides is 1. The van der Waals surface area contributed by atoms with E-state index in [1.807, 2.05) is 64.3 Å². The molecule has 3 aromatic rings. The lowest BCUT2D eigenvalue weighted by Crippen LogP contribution is -2.45. The highest BCUT2D eigenvalue weighted by Crippen LogP contribution is 2.33. The molecule has 0 spiro atoms. The molecule has 1 fully saturated rings. The van der Waals surface area contributed by atoms with Gasteiger partial charge in [0.1, 0.15) is 12.4 Å². The van der Waals surface area contributed by atoms with Crippen molar-refractivity contribution in [3.05, 3.63) is 70.7 Å². The van der Waals surface area contributed by atoms with Gasteiger partial charge in [0.05, 0.1) is 16.6 Å². The normalized spacial score (nSPS) is 13.8. The van der Waals surface area contributed by atoms with Gasteiger partial charge in [-0.1, -0.05) is 87.5 Å². The molecule has 1 aromatic heterocycles. The van der Waals surface area contributed by atoms with Crippen LogP contribution in [0.3, 0.4) is 0 Å². The summed E-state index contributed by atoms with van der Waals surface area (Å²) in [7, 11) is 2.10. The molecule has 2 N–H and O–H groups in total. The highest BCUT2D eigenvalue weighted by Gasteiger charge is 2.27. The van der Waals surface area contributed by atoms with E-state index in [-0.39, 0.29) is 17.8 Å². The fourth-order valence-electron chi connectivity index (χ4n) is 4.26. The average Bonchev–Trinajstić information content (AvgIpc) is 3.06. The van der Waals surface area contributed by atoms with Crippen LogP contribution in [-0.2, 0) is 4.74 Å². The van der Waals surface area contributed by atoms with Crippen LogP contribution in [0.15, 0.2) is 59.8 Å². The van der Waals surface area contributed by atoms with Crippen LogP contribution in [0.4, 0.5) is 22.1 Å². The molecule has 1 atom stereocenters. The number of piperazine rings is 1. The minimum atomic E-state index is -0.615. The largest absolute Gasteiger partial charge is 0.448 e. The Morgan fingerprint density at radius 3 is 2.39 bits per heavy atom. The zero-order chi connectivity index (χ0) is 32.5. The van der Waals surface area contributed by atoms with Crippen molar-refractivity contribution in [2.75, 3.05) is 69.4 Å². The van der Waals surface area contributed by atoms with E-state index in [0.29, 0.717) is 40.3 Å². The van der Waals surface area contributed by atoms with Crippen LogP contribution < -0.4 is 10.2 Å². The number of ether oxygens (including phenoxy) is 1. The third-order valence-electron chi connectivity index (χ3n) is 6.53. The fourth-order valence-corrected chi connectivity index (χ4v) is 5.03. The van der Waals surface area contributed by atoms with Crippen LogP contribution in [-0.4, -0.2) is 91.3 Å². The van der Waals surface area contributed by atoms with Gasteiger partial charge in [0, 0.05) is 50.5 Å². The fraction of sp³-hybridized carbons (Fsp3) is 0.438. The summed E-state index contributed by atoms with van der Waals surface area (Å²) in [4.78, 5) is 28.7. The lowest BCUT2D eigenvalue weighted by atomic mass is 10.1. The minimum Gasteiger partial charge on any atom is -0.448 e. The van der Waals surface area contributed by atoms with Gasteiger partial charge in [-0.15, -0.1) is 11.6 Å². The van der Waals surface area contributed by atoms with Gasteiger partial charge in [-0.2, -0.15) is 0 Å². The first kappa shape index (κ1) is 37.3. The molecule has 2 aromatic carbocycles. The first-order valence-corrected chi connectivity index (χ1v) is 17.0. The molecule has 44 heavy (non-hydrogen) atoms. The maximum atomic E-state index is 13.6. The number of carbonyl (C=O) groups is 1. The maximum Gasteiger partial charge on any atom is 0.420 e. The number of hydrogen-bond donors (Lipinski definition) is 2. The summed E-state index contributed by atoms with van der Waals surface area (Å²) in [6, 6.07) is 16.6. The summed E-state index contributed by atoms with van der Waals surface area (Å²) in [6.45, 7) is 13.0. The van der Waals surface area contributed by atoms with Crippen molar-refractivity contribution < 1.29 is 9.53 Å². The van der Waals surface area contributed by atoms with E-state index in [1.54, 1.807) is 24.3 Å². The Bertz CT molecular complexity index is 1290. The van der Waals surface area contributed by atoms with Crippen LogP contribution in [0.2, 0.25) is 5.02 Å². The second kappa shape index (κ2) is 20.2. The predicted molar refractivity (Wildman–Crippen MR) is 187 cm³/mol. The first-order valence-electron chi connectivity index (χ1n) is 14.9. The number of aromatic nitrogens is 2. The summed E-state index contributed by atoms with van der Waals surface area (Å²) in [5.74, 6) is 0.609. The number of likely N-dealkylation sites (N-methyl/N-ethyl adjacent to an activating group) is 1. The van der Waals surface area contributed by atoms with E-state index in [0.717, 1.165) is 38.0 Å². The smallest absolute Gasteiger partial charge is 0.420 e. The number of rotatable bonds is 11. The number of nitrogens with one attached hydrogen (secondary N) is 2. The van der Waals surface area contributed by atoms with Crippen molar-refractivity contribution in [3.63, 3.8) is 0 Å². The molecular formula is C32H45Cl2N7O2S. The molecule has 0 aliphatic carbocycles. The third kappa shape index (κ3) is 10.9. The summed E-state index contributed by atoms with van der Waals surface area (Å²) in [6.07, 6.45) is 2.36. The Balaban J connectivity index is 0.00000162. The van der Waals surface area contributed by atoms with Crippen LogP contribution >= 0.6 is 35.0 Å². The summed E-state index contributed by atoms with van der Waals surface area (Å²) in [5.41, 5.74) is 1.75. The number of nitrogens with zero attached hydrogens (tertiary/aromatic N) is 5. The SMILES string of the molecule is CC.CC.CSc1nc(NCC(Cl)c2ccccc2)c(C=N)c(N(C(=O)OCCN2CCN(C)CC2)c2cccc(Cl)c2)n1. The Morgan fingerprint density at radius 1 is 1.09 bits per heavy atom. The molecule has 4 rings (SSSR count). The Labute approximate surface area is 276 Å². The van der Waals surface area contributed by atoms with Gasteiger partial charge in [-0.05, 0) is 37.1 Å². The third-order valence-corrected chi connectivity index (χ3v) is 7.72. The second-order valence-corrected chi connectivity index (χ2v) is 11.0. The highest BCUT2D eigenvalue weighted by molar-refractivity contribution is 7.98. The van der Waals surface area contributed by atoms with Crippen LogP contribution in [0.1, 0.15) is 44.2 Å². The Kier molecular flexibility index (Phi) is 17.1. The first-order chi connectivity index (χ1) is 21.4. The highest BCUT2D eigenvalue weighted by atomic mass is 35.5. The van der Waals surface area contributed by atoms with Crippen LogP contribution in [0.25, 0.3) is 0 Å². The van der Waals surface area contributed by atoms with Crippen molar-refractivity contribution in [1.29, 1.82) is 5.41 Å². The summed E-state index contributed by atoms with van der Waals surface area (Å²) in [5, 5.41) is 12.0. The zero-order valence-corrected chi connectivity index (χ0v) is 28.8. The summed E-state index contributed by atoms with van der Waals surface area (Å²) >= 11 is 14.3. The molecule has 0 saturated carbocycles. The van der Waals surface area contributed by atoms with E-state index < -0.39 is 6.09 Å². The van der Waals surface area contributed by atoms with Crippen molar-refractivity contribution in [3.8, 4) is 0 Å². The van der Waals surface area contributed by atoms with Gasteiger partial charge in [0.15, 0.2) is 11.0 Å². The average molecular weight is 663 g/mol. The standard InChI is InChI=1S/C28H33Cl2N7O2S.2C2H6/c1-35-11-13-36(14-12-35)15-16-39-28(38)37(22-10-6-9-21(29)17-22)26-23(18-31)25(33-27(34-26)40-2)32-19-24(30)20-7-4-3-5-8-20;2*1-2/h3-10,17-18,24,31H,11-16,19H2,1-2H3,(H,32,33,34);2*1-2H3. The van der Waals surface area contributed by atoms with Crippen molar-refractivity contribution >= 4 is 64.6 Å². The van der Waals surface area contributed by atoms with Gasteiger partial charge in [-0.25, -0.2) is 19.7 Å². The van der Waals surface area contributed by atoms with Gasteiger partial charge in [0.2, 0.25) is 0 Å². The topological polar surface area (TPSA) is 97.7 Å². The maximum absolute atomic E-state index is 13.6. The van der Waals surface area contributed by atoms with Crippen LogP contribution in [0.5, 0.6) is 0 Å². The lowest BCUT2D eigenvalue weighted by molar-refractivity contribution is 0.108. The van der Waals surface area contributed by atoms with E-state index >= 15 is 0 Å². The molecule has 1 aliphatic rings. The van der Waals surface area contributed by atoms with E-state index in [2.05, 4.69) is 32.1 Å². The molecule has 0 radical (unpaired) electrons. The molecule has 0 bridgehead atoms. The monoisotopic (exact) mass is 661 g/mol. The van der Waals surface area contributed by atoms with Gasteiger partial charge >= 0.3 is 6.09 Å². The quantitative estimate of drug-likeness (QED) is 0.0929. The number of halogens is 2. The molecule has 2 heterocycles. The Morgan fingerprint density at radius 2 is 1.77 bits per heavy atom. The molecule has 9 nitrogen and oxygen atoms in total. The summed E-state index contributed by atoms with van der Waals surface area (Å²) < 4.78 is 5.76. The van der Waals surface area contributed by atoms with Gasteiger partial charge in [0.25, 0.3) is 0 Å². The minimum absolute atomic E-state index is 0.217. The molecule has 1 amide bonds. The molecule has 1 aliphatic heterocycles. The van der Waals surface area contributed by atoms with E-state index in [9.17, 15) is 4.79 Å². The zero-order valence-electron chi connectivity index (χ0n) is 26.5. The number of carbonyl (C=O) groups excluding carboxylic acids is 1. The second-order valence-electron chi connectivity index (χ2n) is 9.27. The van der Waals surface area contributed by atoms with Crippen LogP contribution in [0, 0.1) is 5.41 Å².